The molecule has 0 bridgehead atoms. The highest BCUT2D eigenvalue weighted by Gasteiger charge is 2.13. The van der Waals surface area contributed by atoms with Crippen LogP contribution in [0, 0.1) is 0 Å². The van der Waals surface area contributed by atoms with E-state index in [9.17, 15) is 4.79 Å². The Morgan fingerprint density at radius 2 is 1.81 bits per heavy atom. The van der Waals surface area contributed by atoms with Gasteiger partial charge in [-0.2, -0.15) is 0 Å². The molecule has 0 saturated heterocycles. The molecule has 0 aliphatic carbocycles. The molecule has 0 aliphatic rings. The van der Waals surface area contributed by atoms with E-state index in [1.165, 1.54) is 4.57 Å². The first-order valence-electron chi connectivity index (χ1n) is 7.97. The number of aromatic nitrogens is 4. The van der Waals surface area contributed by atoms with Crippen molar-refractivity contribution in [2.45, 2.75) is 0 Å². The Bertz CT molecular complexity index is 1150. The molecule has 130 valence electrons. The lowest BCUT2D eigenvalue weighted by Crippen LogP contribution is -2.17. The number of aromatic amines is 1. The summed E-state index contributed by atoms with van der Waals surface area (Å²) >= 11 is 0. The van der Waals surface area contributed by atoms with Crippen LogP contribution in [-0.4, -0.2) is 33.7 Å². The van der Waals surface area contributed by atoms with Gasteiger partial charge in [0.1, 0.15) is 0 Å². The fourth-order valence-electron chi connectivity index (χ4n) is 2.87. The van der Waals surface area contributed by atoms with Gasteiger partial charge in [-0.15, -0.1) is 0 Å². The first-order chi connectivity index (χ1) is 12.7. The number of ether oxygens (including phenoxy) is 2. The Hall–Kier alpha value is -3.61. The topological polar surface area (TPSA) is 82.0 Å². The van der Waals surface area contributed by atoms with E-state index in [1.807, 2.05) is 42.5 Å². The van der Waals surface area contributed by atoms with Crippen LogP contribution in [0.3, 0.4) is 0 Å². The highest BCUT2D eigenvalue weighted by Crippen LogP contribution is 2.31. The molecule has 0 aliphatic heterocycles. The molecule has 0 unspecified atom stereocenters. The second-order valence-electron chi connectivity index (χ2n) is 5.59. The smallest absolute Gasteiger partial charge is 0.333 e. The van der Waals surface area contributed by atoms with Gasteiger partial charge in [0.2, 0.25) is 5.95 Å². The zero-order chi connectivity index (χ0) is 18.1. The van der Waals surface area contributed by atoms with Crippen LogP contribution in [0.5, 0.6) is 11.5 Å². The third kappa shape index (κ3) is 2.59. The van der Waals surface area contributed by atoms with Crippen molar-refractivity contribution in [1.82, 2.24) is 19.5 Å². The number of benzene rings is 2. The average Bonchev–Trinajstić information content (AvgIpc) is 3.03. The van der Waals surface area contributed by atoms with Crippen LogP contribution in [0.1, 0.15) is 0 Å². The van der Waals surface area contributed by atoms with Crippen molar-refractivity contribution in [3.63, 3.8) is 0 Å². The number of nitrogens with zero attached hydrogens (tertiary/aromatic N) is 3. The Labute approximate surface area is 148 Å². The van der Waals surface area contributed by atoms with E-state index in [4.69, 9.17) is 9.47 Å². The molecule has 4 rings (SSSR count). The maximum Gasteiger partial charge on any atom is 0.333 e. The van der Waals surface area contributed by atoms with E-state index < -0.39 is 0 Å². The van der Waals surface area contributed by atoms with Crippen LogP contribution >= 0.6 is 0 Å². The Balaban J connectivity index is 1.85. The number of rotatable bonds is 4. The second-order valence-corrected chi connectivity index (χ2v) is 5.59. The lowest BCUT2D eigenvalue weighted by atomic mass is 10.1. The summed E-state index contributed by atoms with van der Waals surface area (Å²) in [6.45, 7) is 0. The van der Waals surface area contributed by atoms with Gasteiger partial charge in [0.15, 0.2) is 11.5 Å². The molecule has 1 N–H and O–H groups in total. The molecule has 26 heavy (non-hydrogen) atoms. The summed E-state index contributed by atoms with van der Waals surface area (Å²) in [5.41, 5.74) is 2.68. The molecule has 7 heteroatoms. The molecule has 2 heterocycles. The van der Waals surface area contributed by atoms with Gasteiger partial charge >= 0.3 is 5.69 Å². The zero-order valence-electron chi connectivity index (χ0n) is 14.3. The van der Waals surface area contributed by atoms with Crippen LogP contribution in [0.2, 0.25) is 0 Å². The first-order valence-corrected chi connectivity index (χ1v) is 7.97. The van der Waals surface area contributed by atoms with Crippen molar-refractivity contribution in [3.8, 4) is 28.7 Å². The van der Waals surface area contributed by atoms with Crippen molar-refractivity contribution in [1.29, 1.82) is 0 Å². The number of H-pyrrole nitrogens is 1. The molecule has 2 aromatic heterocycles. The van der Waals surface area contributed by atoms with E-state index in [1.54, 1.807) is 26.5 Å². The molecule has 0 fully saturated rings. The number of methoxy groups -OCH3 is 2. The minimum absolute atomic E-state index is 0.282. The molecular weight excluding hydrogens is 332 g/mol. The molecule has 0 saturated carbocycles. The molecule has 0 spiro atoms. The van der Waals surface area contributed by atoms with Crippen LogP contribution in [0.4, 0.5) is 0 Å². The highest BCUT2D eigenvalue weighted by atomic mass is 16.5. The third-order valence-electron chi connectivity index (χ3n) is 4.11. The largest absolute Gasteiger partial charge is 0.493 e. The lowest BCUT2D eigenvalue weighted by Gasteiger charge is -2.10. The van der Waals surface area contributed by atoms with Gasteiger partial charge in [-0.1, -0.05) is 12.1 Å². The number of para-hydroxylation sites is 2. The van der Waals surface area contributed by atoms with Gasteiger partial charge in [0.25, 0.3) is 0 Å². The van der Waals surface area contributed by atoms with Crippen molar-refractivity contribution in [2.24, 2.45) is 0 Å². The van der Waals surface area contributed by atoms with Crippen LogP contribution in [-0.2, 0) is 0 Å². The monoisotopic (exact) mass is 348 g/mol. The van der Waals surface area contributed by atoms with Crippen molar-refractivity contribution < 1.29 is 9.47 Å². The fourth-order valence-corrected chi connectivity index (χ4v) is 2.87. The number of imidazole rings is 1. The summed E-state index contributed by atoms with van der Waals surface area (Å²) < 4.78 is 12.1. The molecule has 0 radical (unpaired) electrons. The van der Waals surface area contributed by atoms with Gasteiger partial charge in [0, 0.05) is 11.8 Å². The van der Waals surface area contributed by atoms with Gasteiger partial charge in [0.05, 0.1) is 30.9 Å². The number of nitrogens with one attached hydrogen (secondary N) is 1. The van der Waals surface area contributed by atoms with Crippen LogP contribution < -0.4 is 15.2 Å². The van der Waals surface area contributed by atoms with Crippen molar-refractivity contribution >= 4 is 11.0 Å². The molecular formula is C19H16N4O3. The first kappa shape index (κ1) is 15.9. The number of hydrogen-bond donors (Lipinski definition) is 1. The van der Waals surface area contributed by atoms with E-state index in [0.717, 1.165) is 16.6 Å². The van der Waals surface area contributed by atoms with Gasteiger partial charge in [-0.3, -0.25) is 0 Å². The van der Waals surface area contributed by atoms with E-state index in [2.05, 4.69) is 15.0 Å². The summed E-state index contributed by atoms with van der Waals surface area (Å²) in [5, 5.41) is 0. The van der Waals surface area contributed by atoms with Gasteiger partial charge in [-0.05, 0) is 36.4 Å². The summed E-state index contributed by atoms with van der Waals surface area (Å²) in [4.78, 5) is 24.0. The van der Waals surface area contributed by atoms with Crippen LogP contribution in [0.25, 0.3) is 28.2 Å². The lowest BCUT2D eigenvalue weighted by molar-refractivity contribution is 0.355. The standard InChI is InChI=1S/C19H16N4O3/c1-25-16-8-7-12(11-17(16)26-2)13-9-10-20-18(21-13)23-15-6-4-3-5-14(15)22-19(23)24/h3-11H,1-2H3,(H,22,24). The zero-order valence-corrected chi connectivity index (χ0v) is 14.3. The van der Waals surface area contributed by atoms with E-state index in [0.29, 0.717) is 23.1 Å². The molecule has 4 aromatic rings. The summed E-state index contributed by atoms with van der Waals surface area (Å²) in [6.07, 6.45) is 1.63. The Morgan fingerprint density at radius 3 is 2.62 bits per heavy atom. The number of fused-ring (bicyclic) bond motifs is 1. The maximum atomic E-state index is 12.4. The normalized spacial score (nSPS) is 10.8. The Morgan fingerprint density at radius 1 is 1.00 bits per heavy atom. The van der Waals surface area contributed by atoms with Crippen molar-refractivity contribution in [2.75, 3.05) is 14.2 Å². The minimum Gasteiger partial charge on any atom is -0.493 e. The fraction of sp³-hybridized carbons (Fsp3) is 0.105. The quantitative estimate of drug-likeness (QED) is 0.613. The van der Waals surface area contributed by atoms with Gasteiger partial charge in [-0.25, -0.2) is 19.3 Å². The number of hydrogen-bond acceptors (Lipinski definition) is 5. The van der Waals surface area contributed by atoms with Gasteiger partial charge < -0.3 is 14.5 Å². The van der Waals surface area contributed by atoms with Crippen LogP contribution in [0.15, 0.2) is 59.5 Å². The Kier molecular flexibility index (Phi) is 3.89. The molecule has 2 aromatic carbocycles. The third-order valence-corrected chi connectivity index (χ3v) is 4.11. The summed E-state index contributed by atoms with van der Waals surface area (Å²) in [7, 11) is 3.17. The van der Waals surface area contributed by atoms with E-state index >= 15 is 0 Å². The van der Waals surface area contributed by atoms with E-state index in [-0.39, 0.29) is 5.69 Å². The summed E-state index contributed by atoms with van der Waals surface area (Å²) in [6, 6.07) is 14.7. The average molecular weight is 348 g/mol. The summed E-state index contributed by atoms with van der Waals surface area (Å²) in [5.74, 6) is 1.55. The molecule has 0 atom stereocenters. The second kappa shape index (κ2) is 6.36. The predicted octanol–water partition coefficient (Wildman–Crippen LogP) is 2.79. The van der Waals surface area contributed by atoms with Crippen molar-refractivity contribution in [3.05, 3.63) is 65.2 Å². The molecule has 0 amide bonds. The SMILES string of the molecule is COc1ccc(-c2ccnc(-n3c(=O)[nH]c4ccccc43)n2)cc1OC. The maximum absolute atomic E-state index is 12.4. The predicted molar refractivity (Wildman–Crippen MR) is 98.0 cm³/mol. The minimum atomic E-state index is -0.282. The highest BCUT2D eigenvalue weighted by molar-refractivity contribution is 5.76. The molecule has 7 nitrogen and oxygen atoms in total.